The summed E-state index contributed by atoms with van der Waals surface area (Å²) >= 11 is 0. The number of ether oxygens (including phenoxy) is 1. The van der Waals surface area contributed by atoms with E-state index >= 15 is 0 Å². The molecule has 0 aliphatic rings. The Balaban J connectivity index is 2.71. The number of methoxy groups -OCH3 is 1. The van der Waals surface area contributed by atoms with Crippen molar-refractivity contribution in [3.05, 3.63) is 28.9 Å². The van der Waals surface area contributed by atoms with Gasteiger partial charge >= 0.3 is 5.76 Å². The molecule has 0 atom stereocenters. The molecular formula is C8H8N2O3. The van der Waals surface area contributed by atoms with E-state index in [4.69, 9.17) is 9.15 Å². The van der Waals surface area contributed by atoms with Crippen molar-refractivity contribution < 1.29 is 9.15 Å². The molecule has 0 aliphatic heterocycles. The molecule has 2 aromatic rings. The third kappa shape index (κ3) is 1.23. The van der Waals surface area contributed by atoms with Gasteiger partial charge in [0.05, 0.1) is 0 Å². The number of hydrogen-bond donors (Lipinski definition) is 0. The van der Waals surface area contributed by atoms with Crippen LogP contribution < -0.4 is 5.76 Å². The van der Waals surface area contributed by atoms with Crippen LogP contribution in [-0.2, 0) is 11.5 Å². The Kier molecular flexibility index (Phi) is 1.86. The van der Waals surface area contributed by atoms with Gasteiger partial charge < -0.3 is 9.15 Å². The molecule has 0 amide bonds. The summed E-state index contributed by atoms with van der Waals surface area (Å²) in [6.45, 7) is 0.156. The second-order valence-corrected chi connectivity index (χ2v) is 2.54. The highest BCUT2D eigenvalue weighted by Crippen LogP contribution is 2.07. The van der Waals surface area contributed by atoms with Crippen LogP contribution in [0.4, 0.5) is 0 Å². The minimum absolute atomic E-state index is 0.156. The first kappa shape index (κ1) is 8.00. The van der Waals surface area contributed by atoms with Gasteiger partial charge in [0.15, 0.2) is 11.2 Å². The van der Waals surface area contributed by atoms with E-state index in [0.717, 1.165) is 0 Å². The summed E-state index contributed by atoms with van der Waals surface area (Å²) in [4.78, 5) is 15.2. The van der Waals surface area contributed by atoms with Gasteiger partial charge in [0.25, 0.3) is 0 Å². The third-order valence-corrected chi connectivity index (χ3v) is 1.68. The van der Waals surface area contributed by atoms with Gasteiger partial charge in [0.2, 0.25) is 0 Å². The van der Waals surface area contributed by atoms with Gasteiger partial charge in [-0.3, -0.25) is 0 Å². The molecule has 2 heterocycles. The first-order valence-electron chi connectivity index (χ1n) is 3.76. The molecule has 0 N–H and O–H groups in total. The Morgan fingerprint density at radius 1 is 1.69 bits per heavy atom. The Labute approximate surface area is 73.6 Å². The predicted molar refractivity (Wildman–Crippen MR) is 45.3 cm³/mol. The van der Waals surface area contributed by atoms with Crippen molar-refractivity contribution in [2.45, 2.75) is 6.73 Å². The van der Waals surface area contributed by atoms with Crippen LogP contribution in [0.5, 0.6) is 0 Å². The van der Waals surface area contributed by atoms with E-state index < -0.39 is 5.76 Å². The first-order valence-corrected chi connectivity index (χ1v) is 3.76. The SMILES string of the molecule is COCn1c(=O)oc2cccnc21. The van der Waals surface area contributed by atoms with Crippen molar-refractivity contribution in [2.75, 3.05) is 7.11 Å². The second kappa shape index (κ2) is 3.02. The van der Waals surface area contributed by atoms with E-state index in [1.165, 1.54) is 11.7 Å². The van der Waals surface area contributed by atoms with Crippen molar-refractivity contribution in [1.82, 2.24) is 9.55 Å². The summed E-state index contributed by atoms with van der Waals surface area (Å²) in [5.74, 6) is -0.449. The molecule has 0 aliphatic carbocycles. The van der Waals surface area contributed by atoms with Gasteiger partial charge in [0.1, 0.15) is 6.73 Å². The fourth-order valence-corrected chi connectivity index (χ4v) is 1.14. The molecule has 5 heteroatoms. The number of aromatic nitrogens is 2. The number of oxazole rings is 1. The second-order valence-electron chi connectivity index (χ2n) is 2.54. The quantitative estimate of drug-likeness (QED) is 0.678. The van der Waals surface area contributed by atoms with Crippen LogP contribution >= 0.6 is 0 Å². The lowest BCUT2D eigenvalue weighted by atomic mass is 10.5. The highest BCUT2D eigenvalue weighted by Gasteiger charge is 2.07. The van der Waals surface area contributed by atoms with Gasteiger partial charge in [-0.25, -0.2) is 14.3 Å². The zero-order valence-electron chi connectivity index (χ0n) is 7.06. The minimum Gasteiger partial charge on any atom is -0.406 e. The molecule has 0 fully saturated rings. The number of rotatable bonds is 2. The molecule has 2 aromatic heterocycles. The van der Waals surface area contributed by atoms with E-state index in [2.05, 4.69) is 4.98 Å². The Morgan fingerprint density at radius 2 is 2.54 bits per heavy atom. The average molecular weight is 180 g/mol. The maximum absolute atomic E-state index is 11.2. The molecule has 0 aromatic carbocycles. The van der Waals surface area contributed by atoms with Crippen LogP contribution in [0.3, 0.4) is 0 Å². The van der Waals surface area contributed by atoms with Crippen LogP contribution in [-0.4, -0.2) is 16.7 Å². The standard InChI is InChI=1S/C8H8N2O3/c1-12-5-10-7-6(13-8(10)11)3-2-4-9-7/h2-4H,5H2,1H3. The molecule has 13 heavy (non-hydrogen) atoms. The summed E-state index contributed by atoms with van der Waals surface area (Å²) in [7, 11) is 1.51. The molecule has 0 spiro atoms. The van der Waals surface area contributed by atoms with Crippen molar-refractivity contribution >= 4 is 11.2 Å². The van der Waals surface area contributed by atoms with Crippen molar-refractivity contribution in [3.63, 3.8) is 0 Å². The minimum atomic E-state index is -0.449. The summed E-state index contributed by atoms with van der Waals surface area (Å²) < 4.78 is 11.1. The molecule has 0 saturated heterocycles. The van der Waals surface area contributed by atoms with Gasteiger partial charge in [0, 0.05) is 13.3 Å². The largest absolute Gasteiger partial charge is 0.423 e. The van der Waals surface area contributed by atoms with Gasteiger partial charge in [-0.15, -0.1) is 0 Å². The first-order chi connectivity index (χ1) is 6.33. The van der Waals surface area contributed by atoms with Crippen LogP contribution in [0.1, 0.15) is 0 Å². The topological polar surface area (TPSA) is 57.3 Å². The molecule has 0 bridgehead atoms. The zero-order valence-corrected chi connectivity index (χ0v) is 7.06. The van der Waals surface area contributed by atoms with Gasteiger partial charge in [-0.1, -0.05) is 0 Å². The fourth-order valence-electron chi connectivity index (χ4n) is 1.14. The van der Waals surface area contributed by atoms with E-state index in [-0.39, 0.29) is 6.73 Å². The molecule has 0 radical (unpaired) electrons. The molecule has 0 saturated carbocycles. The fraction of sp³-hybridized carbons (Fsp3) is 0.250. The van der Waals surface area contributed by atoms with Crippen LogP contribution in [0.25, 0.3) is 11.2 Å². The van der Waals surface area contributed by atoms with Crippen LogP contribution in [0.15, 0.2) is 27.5 Å². The van der Waals surface area contributed by atoms with E-state index in [1.54, 1.807) is 18.3 Å². The van der Waals surface area contributed by atoms with Gasteiger partial charge in [-0.2, -0.15) is 0 Å². The summed E-state index contributed by atoms with van der Waals surface area (Å²) in [5.41, 5.74) is 0.985. The predicted octanol–water partition coefficient (Wildman–Crippen LogP) is 0.593. The third-order valence-electron chi connectivity index (χ3n) is 1.68. The summed E-state index contributed by atoms with van der Waals surface area (Å²) in [6.07, 6.45) is 1.60. The molecule has 2 rings (SSSR count). The van der Waals surface area contributed by atoms with Crippen LogP contribution in [0.2, 0.25) is 0 Å². The maximum Gasteiger partial charge on any atom is 0.423 e. The Hall–Kier alpha value is -1.62. The van der Waals surface area contributed by atoms with E-state index in [1.807, 2.05) is 0 Å². The lowest BCUT2D eigenvalue weighted by Gasteiger charge is -1.96. The maximum atomic E-state index is 11.2. The van der Waals surface area contributed by atoms with Crippen molar-refractivity contribution in [2.24, 2.45) is 0 Å². The number of fused-ring (bicyclic) bond motifs is 1. The van der Waals surface area contributed by atoms with E-state index in [9.17, 15) is 4.79 Å². The normalized spacial score (nSPS) is 10.8. The molecular weight excluding hydrogens is 172 g/mol. The highest BCUT2D eigenvalue weighted by atomic mass is 16.5. The molecule has 5 nitrogen and oxygen atoms in total. The summed E-state index contributed by atoms with van der Waals surface area (Å²) in [5, 5.41) is 0. The monoisotopic (exact) mass is 180 g/mol. The number of hydrogen-bond acceptors (Lipinski definition) is 4. The zero-order chi connectivity index (χ0) is 9.26. The van der Waals surface area contributed by atoms with E-state index in [0.29, 0.717) is 11.2 Å². The smallest absolute Gasteiger partial charge is 0.406 e. The Bertz CT molecular complexity index is 471. The lowest BCUT2D eigenvalue weighted by Crippen LogP contribution is -2.15. The van der Waals surface area contributed by atoms with Gasteiger partial charge in [-0.05, 0) is 12.1 Å². The highest BCUT2D eigenvalue weighted by molar-refractivity contribution is 5.67. The average Bonchev–Trinajstić information content (AvgIpc) is 2.44. The van der Waals surface area contributed by atoms with Crippen molar-refractivity contribution in [1.29, 1.82) is 0 Å². The summed E-state index contributed by atoms with van der Waals surface area (Å²) in [6, 6.07) is 3.40. The number of pyridine rings is 1. The molecule has 0 unspecified atom stereocenters. The van der Waals surface area contributed by atoms with Crippen molar-refractivity contribution in [3.8, 4) is 0 Å². The molecule has 68 valence electrons. The lowest BCUT2D eigenvalue weighted by molar-refractivity contribution is 0.127. The number of nitrogens with zero attached hydrogens (tertiary/aromatic N) is 2. The Morgan fingerprint density at radius 3 is 3.31 bits per heavy atom. The van der Waals surface area contributed by atoms with Crippen LogP contribution in [0, 0.1) is 0 Å².